The molecule has 2 rings (SSSR count). The van der Waals surface area contributed by atoms with Crippen LogP contribution in [0.15, 0.2) is 42.5 Å². The van der Waals surface area contributed by atoms with Crippen LogP contribution >= 0.6 is 11.6 Å². The Morgan fingerprint density at radius 3 is 2.50 bits per heavy atom. The minimum atomic E-state index is 0.00169. The number of carbonyl (C=O) groups is 1. The molecule has 4 heteroatoms. The van der Waals surface area contributed by atoms with E-state index in [4.69, 9.17) is 11.6 Å². The van der Waals surface area contributed by atoms with E-state index in [0.29, 0.717) is 18.0 Å². The topological polar surface area (TPSA) is 41.1 Å². The van der Waals surface area contributed by atoms with Crippen molar-refractivity contribution in [3.8, 4) is 0 Å². The minimum absolute atomic E-state index is 0.00169. The molecule has 0 aromatic heterocycles. The monoisotopic (exact) mass is 316 g/mol. The lowest BCUT2D eigenvalue weighted by Crippen LogP contribution is -2.21. The SMILES string of the molecule is Cc1ccc(CNCCC(=O)Nc2ccc(Cl)cc2C)cc1. The molecule has 0 saturated heterocycles. The highest BCUT2D eigenvalue weighted by atomic mass is 35.5. The van der Waals surface area contributed by atoms with Crippen LogP contribution in [-0.4, -0.2) is 12.5 Å². The highest BCUT2D eigenvalue weighted by Crippen LogP contribution is 2.19. The maximum Gasteiger partial charge on any atom is 0.225 e. The molecule has 2 aromatic rings. The van der Waals surface area contributed by atoms with Crippen LogP contribution < -0.4 is 10.6 Å². The fourth-order valence-electron chi connectivity index (χ4n) is 2.12. The van der Waals surface area contributed by atoms with Gasteiger partial charge in [-0.05, 0) is 43.2 Å². The van der Waals surface area contributed by atoms with E-state index in [2.05, 4.69) is 41.8 Å². The van der Waals surface area contributed by atoms with E-state index in [1.807, 2.05) is 19.1 Å². The van der Waals surface area contributed by atoms with Gasteiger partial charge in [-0.2, -0.15) is 0 Å². The van der Waals surface area contributed by atoms with Crippen LogP contribution in [0.4, 0.5) is 5.69 Å². The smallest absolute Gasteiger partial charge is 0.225 e. The van der Waals surface area contributed by atoms with E-state index in [1.54, 1.807) is 6.07 Å². The van der Waals surface area contributed by atoms with Crippen LogP contribution in [0.5, 0.6) is 0 Å². The normalized spacial score (nSPS) is 10.5. The van der Waals surface area contributed by atoms with Gasteiger partial charge in [0.05, 0.1) is 0 Å². The maximum absolute atomic E-state index is 11.9. The van der Waals surface area contributed by atoms with Crippen molar-refractivity contribution in [1.29, 1.82) is 0 Å². The molecule has 0 unspecified atom stereocenters. The second-order valence-corrected chi connectivity index (χ2v) is 5.86. The number of carbonyl (C=O) groups excluding carboxylic acids is 1. The zero-order chi connectivity index (χ0) is 15.9. The van der Waals surface area contributed by atoms with Gasteiger partial charge < -0.3 is 10.6 Å². The third-order valence-electron chi connectivity index (χ3n) is 3.44. The van der Waals surface area contributed by atoms with Crippen LogP contribution in [0.1, 0.15) is 23.1 Å². The Balaban J connectivity index is 1.72. The molecule has 3 nitrogen and oxygen atoms in total. The highest BCUT2D eigenvalue weighted by Gasteiger charge is 2.05. The van der Waals surface area contributed by atoms with Crippen molar-refractivity contribution in [2.45, 2.75) is 26.8 Å². The number of hydrogen-bond acceptors (Lipinski definition) is 2. The number of hydrogen-bond donors (Lipinski definition) is 2. The Labute approximate surface area is 136 Å². The van der Waals surface area contributed by atoms with Crippen LogP contribution in [0.3, 0.4) is 0 Å². The van der Waals surface area contributed by atoms with Gasteiger partial charge in [0.25, 0.3) is 0 Å². The van der Waals surface area contributed by atoms with Gasteiger partial charge in [-0.25, -0.2) is 0 Å². The number of nitrogens with one attached hydrogen (secondary N) is 2. The third-order valence-corrected chi connectivity index (χ3v) is 3.68. The summed E-state index contributed by atoms with van der Waals surface area (Å²) in [7, 11) is 0. The molecule has 0 bridgehead atoms. The minimum Gasteiger partial charge on any atom is -0.326 e. The fourth-order valence-corrected chi connectivity index (χ4v) is 2.35. The zero-order valence-electron chi connectivity index (χ0n) is 12.9. The first-order valence-corrected chi connectivity index (χ1v) is 7.74. The van der Waals surface area contributed by atoms with Crippen LogP contribution in [-0.2, 0) is 11.3 Å². The molecule has 0 saturated carbocycles. The van der Waals surface area contributed by atoms with Gasteiger partial charge in [-0.3, -0.25) is 4.79 Å². The number of anilines is 1. The summed E-state index contributed by atoms with van der Waals surface area (Å²) in [6.07, 6.45) is 0.438. The lowest BCUT2D eigenvalue weighted by atomic mass is 10.1. The van der Waals surface area contributed by atoms with E-state index in [0.717, 1.165) is 17.8 Å². The lowest BCUT2D eigenvalue weighted by Gasteiger charge is -2.09. The molecule has 1 amide bonds. The first-order chi connectivity index (χ1) is 10.5. The largest absolute Gasteiger partial charge is 0.326 e. The first kappa shape index (κ1) is 16.5. The molecule has 0 atom stereocenters. The van der Waals surface area contributed by atoms with Crippen molar-refractivity contribution in [1.82, 2.24) is 5.32 Å². The molecule has 116 valence electrons. The quantitative estimate of drug-likeness (QED) is 0.789. The Morgan fingerprint density at radius 2 is 1.82 bits per heavy atom. The number of benzene rings is 2. The van der Waals surface area contributed by atoms with E-state index in [9.17, 15) is 4.79 Å². The highest BCUT2D eigenvalue weighted by molar-refractivity contribution is 6.30. The summed E-state index contributed by atoms with van der Waals surface area (Å²) in [6.45, 7) is 5.41. The Hall–Kier alpha value is -1.84. The average Bonchev–Trinajstić information content (AvgIpc) is 2.48. The van der Waals surface area contributed by atoms with E-state index in [-0.39, 0.29) is 5.91 Å². The van der Waals surface area contributed by atoms with E-state index < -0.39 is 0 Å². The van der Waals surface area contributed by atoms with Crippen LogP contribution in [0.25, 0.3) is 0 Å². The van der Waals surface area contributed by atoms with Crippen molar-refractivity contribution in [2.24, 2.45) is 0 Å². The van der Waals surface area contributed by atoms with Gasteiger partial charge >= 0.3 is 0 Å². The molecule has 0 heterocycles. The summed E-state index contributed by atoms with van der Waals surface area (Å²) in [5.41, 5.74) is 4.25. The molecule has 22 heavy (non-hydrogen) atoms. The van der Waals surface area contributed by atoms with Gasteiger partial charge in [0, 0.05) is 30.2 Å². The third kappa shape index (κ3) is 5.17. The van der Waals surface area contributed by atoms with Gasteiger partial charge in [-0.1, -0.05) is 41.4 Å². The lowest BCUT2D eigenvalue weighted by molar-refractivity contribution is -0.116. The van der Waals surface area contributed by atoms with E-state index >= 15 is 0 Å². The predicted octanol–water partition coefficient (Wildman–Crippen LogP) is 4.08. The Morgan fingerprint density at radius 1 is 1.09 bits per heavy atom. The second-order valence-electron chi connectivity index (χ2n) is 5.42. The average molecular weight is 317 g/mol. The second kappa shape index (κ2) is 7.97. The van der Waals surface area contributed by atoms with E-state index in [1.165, 1.54) is 11.1 Å². The number of halogens is 1. The summed E-state index contributed by atoms with van der Waals surface area (Å²) in [6, 6.07) is 13.8. The summed E-state index contributed by atoms with van der Waals surface area (Å²) >= 11 is 5.90. The van der Waals surface area contributed by atoms with Gasteiger partial charge in [0.15, 0.2) is 0 Å². The molecule has 0 aliphatic heterocycles. The molecule has 0 aliphatic carbocycles. The molecule has 0 radical (unpaired) electrons. The molecular weight excluding hydrogens is 296 g/mol. The summed E-state index contributed by atoms with van der Waals surface area (Å²) in [4.78, 5) is 11.9. The Kier molecular flexibility index (Phi) is 5.99. The molecule has 0 aliphatic rings. The standard InChI is InChI=1S/C18H21ClN2O/c1-13-3-5-15(6-4-13)12-20-10-9-18(22)21-17-8-7-16(19)11-14(17)2/h3-8,11,20H,9-10,12H2,1-2H3,(H,21,22). The number of aryl methyl sites for hydroxylation is 2. The molecule has 2 N–H and O–H groups in total. The molecule has 0 spiro atoms. The number of amides is 1. The van der Waals surface area contributed by atoms with Gasteiger partial charge in [0.2, 0.25) is 5.91 Å². The van der Waals surface area contributed by atoms with Gasteiger partial charge in [0.1, 0.15) is 0 Å². The summed E-state index contributed by atoms with van der Waals surface area (Å²) in [5.74, 6) is 0.00169. The van der Waals surface area contributed by atoms with Crippen molar-refractivity contribution in [2.75, 3.05) is 11.9 Å². The molecule has 2 aromatic carbocycles. The molecule has 0 fully saturated rings. The predicted molar refractivity (Wildman–Crippen MR) is 92.3 cm³/mol. The summed E-state index contributed by atoms with van der Waals surface area (Å²) in [5, 5.41) is 6.86. The van der Waals surface area contributed by atoms with Crippen LogP contribution in [0.2, 0.25) is 5.02 Å². The molecular formula is C18H21ClN2O. The van der Waals surface area contributed by atoms with Crippen LogP contribution in [0, 0.1) is 13.8 Å². The fraction of sp³-hybridized carbons (Fsp3) is 0.278. The first-order valence-electron chi connectivity index (χ1n) is 7.37. The maximum atomic E-state index is 11.9. The van der Waals surface area contributed by atoms with Crippen molar-refractivity contribution < 1.29 is 4.79 Å². The van der Waals surface area contributed by atoms with Gasteiger partial charge in [-0.15, -0.1) is 0 Å². The van der Waals surface area contributed by atoms with Crippen molar-refractivity contribution >= 4 is 23.2 Å². The number of rotatable bonds is 6. The van der Waals surface area contributed by atoms with Crippen molar-refractivity contribution in [3.63, 3.8) is 0 Å². The zero-order valence-corrected chi connectivity index (χ0v) is 13.7. The summed E-state index contributed by atoms with van der Waals surface area (Å²) < 4.78 is 0. The Bertz CT molecular complexity index is 638. The van der Waals surface area contributed by atoms with Crippen molar-refractivity contribution in [3.05, 3.63) is 64.2 Å².